The lowest BCUT2D eigenvalue weighted by molar-refractivity contribution is 0.420. The number of aromatic nitrogens is 2. The molecule has 3 heteroatoms. The van der Waals surface area contributed by atoms with Gasteiger partial charge in [-0.15, -0.1) is 0 Å². The summed E-state index contributed by atoms with van der Waals surface area (Å²) in [4.78, 5) is 0. The van der Waals surface area contributed by atoms with Crippen molar-refractivity contribution >= 4 is 0 Å². The minimum atomic E-state index is 0.164. The van der Waals surface area contributed by atoms with E-state index in [-0.39, 0.29) is 5.54 Å². The zero-order valence-electron chi connectivity index (χ0n) is 8.23. The zero-order valence-corrected chi connectivity index (χ0v) is 8.23. The van der Waals surface area contributed by atoms with Crippen molar-refractivity contribution in [3.8, 4) is 0 Å². The molecule has 0 aromatic carbocycles. The molecule has 0 unspecified atom stereocenters. The molecular weight excluding hydrogens is 150 g/mol. The van der Waals surface area contributed by atoms with Crippen LogP contribution < -0.4 is 5.32 Å². The molecule has 3 nitrogen and oxygen atoms in total. The van der Waals surface area contributed by atoms with Crippen molar-refractivity contribution in [1.82, 2.24) is 15.5 Å². The third-order valence-electron chi connectivity index (χ3n) is 1.73. The predicted octanol–water partition coefficient (Wildman–Crippen LogP) is 1.61. The van der Waals surface area contributed by atoms with Crippen molar-refractivity contribution < 1.29 is 0 Å². The molecule has 0 saturated carbocycles. The molecular formula is C9H17N3. The number of nitrogens with zero attached hydrogens (tertiary/aromatic N) is 1. The highest BCUT2D eigenvalue weighted by Crippen LogP contribution is 2.05. The second kappa shape index (κ2) is 3.27. The summed E-state index contributed by atoms with van der Waals surface area (Å²) in [5.74, 6) is 0. The van der Waals surface area contributed by atoms with Gasteiger partial charge in [-0.1, -0.05) is 0 Å². The Morgan fingerprint density at radius 1 is 1.50 bits per heavy atom. The van der Waals surface area contributed by atoms with Crippen molar-refractivity contribution in [3.05, 3.63) is 17.5 Å². The first-order valence-corrected chi connectivity index (χ1v) is 4.23. The van der Waals surface area contributed by atoms with Crippen LogP contribution in [0, 0.1) is 6.92 Å². The molecule has 1 aromatic rings. The van der Waals surface area contributed by atoms with E-state index in [4.69, 9.17) is 0 Å². The van der Waals surface area contributed by atoms with Gasteiger partial charge in [0.05, 0.1) is 11.9 Å². The second-order valence-corrected chi connectivity index (χ2v) is 4.14. The molecule has 0 bridgehead atoms. The van der Waals surface area contributed by atoms with Gasteiger partial charge in [-0.25, -0.2) is 0 Å². The van der Waals surface area contributed by atoms with Crippen LogP contribution in [0.25, 0.3) is 0 Å². The van der Waals surface area contributed by atoms with Gasteiger partial charge in [0.25, 0.3) is 0 Å². The Kier molecular flexibility index (Phi) is 2.52. The molecule has 0 radical (unpaired) electrons. The van der Waals surface area contributed by atoms with Crippen molar-refractivity contribution in [3.63, 3.8) is 0 Å². The van der Waals surface area contributed by atoms with Crippen LogP contribution in [-0.4, -0.2) is 15.7 Å². The summed E-state index contributed by atoms with van der Waals surface area (Å²) < 4.78 is 0. The number of nitrogens with one attached hydrogen (secondary N) is 2. The fraction of sp³-hybridized carbons (Fsp3) is 0.667. The molecule has 1 aromatic heterocycles. The van der Waals surface area contributed by atoms with Gasteiger partial charge in [0.15, 0.2) is 0 Å². The normalized spacial score (nSPS) is 12.0. The fourth-order valence-electron chi connectivity index (χ4n) is 0.906. The van der Waals surface area contributed by atoms with Crippen LogP contribution in [0.15, 0.2) is 6.20 Å². The van der Waals surface area contributed by atoms with E-state index in [9.17, 15) is 0 Å². The molecule has 0 atom stereocenters. The van der Waals surface area contributed by atoms with Gasteiger partial charge in [-0.3, -0.25) is 5.10 Å². The average Bonchev–Trinajstić information content (AvgIpc) is 2.29. The van der Waals surface area contributed by atoms with Gasteiger partial charge >= 0.3 is 0 Å². The number of aryl methyl sites for hydroxylation is 1. The van der Waals surface area contributed by atoms with E-state index >= 15 is 0 Å². The van der Waals surface area contributed by atoms with Crippen LogP contribution >= 0.6 is 0 Å². The average molecular weight is 167 g/mol. The number of hydrogen-bond donors (Lipinski definition) is 2. The Bertz CT molecular complexity index is 245. The van der Waals surface area contributed by atoms with Crippen LogP contribution in [0.3, 0.4) is 0 Å². The van der Waals surface area contributed by atoms with Crippen LogP contribution in [0.2, 0.25) is 0 Å². The fourth-order valence-corrected chi connectivity index (χ4v) is 0.906. The SMILES string of the molecule is Cc1cn[nH]c1CNC(C)(C)C. The van der Waals surface area contributed by atoms with E-state index in [0.717, 1.165) is 6.54 Å². The van der Waals surface area contributed by atoms with E-state index in [1.165, 1.54) is 11.3 Å². The Balaban J connectivity index is 2.49. The molecule has 0 aliphatic rings. The topological polar surface area (TPSA) is 40.7 Å². The number of H-pyrrole nitrogens is 1. The number of hydrogen-bond acceptors (Lipinski definition) is 2. The molecule has 0 saturated heterocycles. The molecule has 0 spiro atoms. The van der Waals surface area contributed by atoms with Gasteiger partial charge in [0, 0.05) is 12.1 Å². The van der Waals surface area contributed by atoms with Crippen molar-refractivity contribution in [2.45, 2.75) is 39.8 Å². The maximum Gasteiger partial charge on any atom is 0.0519 e. The number of aromatic amines is 1. The molecule has 12 heavy (non-hydrogen) atoms. The third-order valence-corrected chi connectivity index (χ3v) is 1.73. The Labute approximate surface area is 73.6 Å². The van der Waals surface area contributed by atoms with Crippen LogP contribution in [-0.2, 0) is 6.54 Å². The lowest BCUT2D eigenvalue weighted by Crippen LogP contribution is -2.35. The molecule has 1 heterocycles. The van der Waals surface area contributed by atoms with Crippen LogP contribution in [0.4, 0.5) is 0 Å². The van der Waals surface area contributed by atoms with E-state index in [1.54, 1.807) is 0 Å². The van der Waals surface area contributed by atoms with Crippen molar-refractivity contribution in [2.75, 3.05) is 0 Å². The first kappa shape index (κ1) is 9.26. The van der Waals surface area contributed by atoms with Crippen LogP contribution in [0.1, 0.15) is 32.0 Å². The van der Waals surface area contributed by atoms with Crippen LogP contribution in [0.5, 0.6) is 0 Å². The summed E-state index contributed by atoms with van der Waals surface area (Å²) >= 11 is 0. The summed E-state index contributed by atoms with van der Waals surface area (Å²) in [6.07, 6.45) is 1.85. The Morgan fingerprint density at radius 2 is 2.17 bits per heavy atom. The van der Waals surface area contributed by atoms with E-state index < -0.39 is 0 Å². The lowest BCUT2D eigenvalue weighted by atomic mass is 10.1. The monoisotopic (exact) mass is 167 g/mol. The molecule has 2 N–H and O–H groups in total. The molecule has 68 valence electrons. The lowest BCUT2D eigenvalue weighted by Gasteiger charge is -2.19. The largest absolute Gasteiger partial charge is 0.306 e. The first-order valence-electron chi connectivity index (χ1n) is 4.23. The summed E-state index contributed by atoms with van der Waals surface area (Å²) in [7, 11) is 0. The Morgan fingerprint density at radius 3 is 2.58 bits per heavy atom. The number of rotatable bonds is 2. The quantitative estimate of drug-likeness (QED) is 0.702. The zero-order chi connectivity index (χ0) is 9.19. The highest BCUT2D eigenvalue weighted by Gasteiger charge is 2.09. The highest BCUT2D eigenvalue weighted by molar-refractivity contribution is 5.13. The summed E-state index contributed by atoms with van der Waals surface area (Å²) in [5, 5.41) is 10.3. The smallest absolute Gasteiger partial charge is 0.0519 e. The highest BCUT2D eigenvalue weighted by atomic mass is 15.1. The first-order chi connectivity index (χ1) is 5.49. The summed E-state index contributed by atoms with van der Waals surface area (Å²) in [6.45, 7) is 9.37. The van der Waals surface area contributed by atoms with Gasteiger partial charge in [0.1, 0.15) is 0 Å². The maximum atomic E-state index is 3.96. The van der Waals surface area contributed by atoms with E-state index in [0.29, 0.717) is 0 Å². The minimum Gasteiger partial charge on any atom is -0.306 e. The Hall–Kier alpha value is -0.830. The second-order valence-electron chi connectivity index (χ2n) is 4.14. The molecule has 0 fully saturated rings. The van der Waals surface area contributed by atoms with Gasteiger partial charge < -0.3 is 5.32 Å². The predicted molar refractivity (Wildman–Crippen MR) is 49.9 cm³/mol. The molecule has 0 amide bonds. The standard InChI is InChI=1S/C9H17N3/c1-7-5-11-12-8(7)6-10-9(2,3)4/h5,10H,6H2,1-4H3,(H,11,12). The third kappa shape index (κ3) is 2.66. The summed E-state index contributed by atoms with van der Waals surface area (Å²) in [6, 6.07) is 0. The van der Waals surface area contributed by atoms with E-state index in [2.05, 4.69) is 43.2 Å². The maximum absolute atomic E-state index is 3.96. The van der Waals surface area contributed by atoms with Crippen molar-refractivity contribution in [2.24, 2.45) is 0 Å². The molecule has 0 aliphatic heterocycles. The minimum absolute atomic E-state index is 0.164. The summed E-state index contributed by atoms with van der Waals surface area (Å²) in [5.41, 5.74) is 2.55. The van der Waals surface area contributed by atoms with Gasteiger partial charge in [0.2, 0.25) is 0 Å². The molecule has 0 aliphatic carbocycles. The van der Waals surface area contributed by atoms with E-state index in [1.807, 2.05) is 6.20 Å². The van der Waals surface area contributed by atoms with Gasteiger partial charge in [-0.05, 0) is 33.3 Å². The van der Waals surface area contributed by atoms with Gasteiger partial charge in [-0.2, -0.15) is 5.10 Å². The molecule has 1 rings (SSSR count). The van der Waals surface area contributed by atoms with Crippen molar-refractivity contribution in [1.29, 1.82) is 0 Å².